The number of hydrogen-bond acceptors (Lipinski definition) is 6. The summed E-state index contributed by atoms with van der Waals surface area (Å²) in [6.07, 6.45) is 10.1. The van der Waals surface area contributed by atoms with Gasteiger partial charge in [0.25, 0.3) is 0 Å². The van der Waals surface area contributed by atoms with Crippen LogP contribution in [0.25, 0.3) is 0 Å². The molecule has 2 heterocycles. The lowest BCUT2D eigenvalue weighted by molar-refractivity contribution is -0.130. The van der Waals surface area contributed by atoms with Crippen LogP contribution in [0.15, 0.2) is 42.7 Å². The maximum Gasteiger partial charge on any atom is 0.120 e. The predicted molar refractivity (Wildman–Crippen MR) is 105 cm³/mol. The number of ether oxygens (including phenoxy) is 1. The molecule has 4 rings (SSSR count). The maximum absolute atomic E-state index is 6.39. The first-order valence-corrected chi connectivity index (χ1v) is 10.2. The van der Waals surface area contributed by atoms with Crippen molar-refractivity contribution in [3.8, 4) is 0 Å². The summed E-state index contributed by atoms with van der Waals surface area (Å²) in [6, 6.07) is 11.4. The highest BCUT2D eigenvalue weighted by molar-refractivity contribution is 5.19. The lowest BCUT2D eigenvalue weighted by Gasteiger charge is -2.36. The molecular formula is C21H32N4O2. The molecule has 6 heteroatoms. The van der Waals surface area contributed by atoms with Crippen molar-refractivity contribution in [3.63, 3.8) is 0 Å². The monoisotopic (exact) mass is 372 g/mol. The molecule has 0 radical (unpaired) electrons. The second kappa shape index (κ2) is 8.71. The van der Waals surface area contributed by atoms with E-state index in [1.807, 2.05) is 12.1 Å². The second-order valence-corrected chi connectivity index (χ2v) is 7.98. The molecule has 0 aromatic heterocycles. The Morgan fingerprint density at radius 2 is 1.93 bits per heavy atom. The van der Waals surface area contributed by atoms with E-state index in [9.17, 15) is 0 Å². The fraction of sp³-hybridized carbons (Fsp3) is 0.619. The molecule has 1 aromatic carbocycles. The van der Waals surface area contributed by atoms with Gasteiger partial charge in [0.15, 0.2) is 0 Å². The summed E-state index contributed by atoms with van der Waals surface area (Å²) in [5, 5.41) is 1.89. The van der Waals surface area contributed by atoms with Crippen LogP contribution in [0.1, 0.15) is 43.6 Å². The number of hydrazine groups is 1. The smallest absolute Gasteiger partial charge is 0.120 e. The topological polar surface area (TPSA) is 63.0 Å². The van der Waals surface area contributed by atoms with E-state index in [1.165, 1.54) is 18.4 Å². The number of likely N-dealkylation sites (tertiary alicyclic amines) is 1. The molecule has 6 nitrogen and oxygen atoms in total. The number of rotatable bonds is 6. The molecule has 3 atom stereocenters. The summed E-state index contributed by atoms with van der Waals surface area (Å²) in [5.74, 6) is 6.50. The molecule has 27 heavy (non-hydrogen) atoms. The molecule has 148 valence electrons. The summed E-state index contributed by atoms with van der Waals surface area (Å²) in [5.41, 5.74) is 4.47. The molecule has 0 bridgehead atoms. The minimum atomic E-state index is 0.158. The normalized spacial score (nSPS) is 34.8. The first kappa shape index (κ1) is 18.9. The van der Waals surface area contributed by atoms with Gasteiger partial charge in [-0.15, -0.1) is 5.06 Å². The molecule has 2 aliphatic heterocycles. The maximum atomic E-state index is 6.39. The van der Waals surface area contributed by atoms with Crippen LogP contribution in [-0.2, 0) is 9.57 Å². The van der Waals surface area contributed by atoms with E-state index >= 15 is 0 Å². The Labute approximate surface area is 162 Å². The van der Waals surface area contributed by atoms with Crippen LogP contribution < -0.4 is 11.3 Å². The summed E-state index contributed by atoms with van der Waals surface area (Å²) >= 11 is 0. The number of hydroxylamine groups is 2. The fourth-order valence-corrected chi connectivity index (χ4v) is 4.84. The molecular weight excluding hydrogens is 340 g/mol. The van der Waals surface area contributed by atoms with E-state index in [-0.39, 0.29) is 18.2 Å². The van der Waals surface area contributed by atoms with Crippen LogP contribution in [-0.4, -0.2) is 54.5 Å². The SMILES string of the molecule is CN1OC=CC1N1CCC(NN)C1COC1CCC(c2ccccc2)CC1. The van der Waals surface area contributed by atoms with Crippen molar-refractivity contribution < 1.29 is 9.57 Å². The third-order valence-corrected chi connectivity index (χ3v) is 6.44. The van der Waals surface area contributed by atoms with Crippen molar-refractivity contribution in [1.29, 1.82) is 0 Å². The largest absolute Gasteiger partial charge is 0.412 e. The van der Waals surface area contributed by atoms with Gasteiger partial charge in [-0.1, -0.05) is 30.3 Å². The van der Waals surface area contributed by atoms with Crippen LogP contribution in [0.4, 0.5) is 0 Å². The summed E-state index contributed by atoms with van der Waals surface area (Å²) in [7, 11) is 1.97. The highest BCUT2D eigenvalue weighted by Gasteiger charge is 2.40. The Morgan fingerprint density at radius 1 is 1.15 bits per heavy atom. The minimum Gasteiger partial charge on any atom is -0.412 e. The van der Waals surface area contributed by atoms with Crippen LogP contribution in [0.3, 0.4) is 0 Å². The Kier molecular flexibility index (Phi) is 6.10. The summed E-state index contributed by atoms with van der Waals surface area (Å²) in [6.45, 7) is 1.71. The van der Waals surface area contributed by atoms with Gasteiger partial charge in [-0.3, -0.25) is 16.2 Å². The van der Waals surface area contributed by atoms with Crippen molar-refractivity contribution >= 4 is 0 Å². The van der Waals surface area contributed by atoms with E-state index in [0.29, 0.717) is 18.6 Å². The molecule has 0 amide bonds. The van der Waals surface area contributed by atoms with Gasteiger partial charge in [-0.2, -0.15) is 0 Å². The Balaban J connectivity index is 1.30. The number of nitrogens with two attached hydrogens (primary N) is 1. The molecule has 1 saturated heterocycles. The molecule has 3 aliphatic rings. The van der Waals surface area contributed by atoms with Gasteiger partial charge in [0.2, 0.25) is 0 Å². The van der Waals surface area contributed by atoms with Crippen LogP contribution in [0.5, 0.6) is 0 Å². The number of nitrogens with zero attached hydrogens (tertiary/aromatic N) is 2. The zero-order valence-corrected chi connectivity index (χ0v) is 16.2. The standard InChI is InChI=1S/C21H32N4O2/c1-24-21(12-14-27-24)25-13-11-19(23-22)20(25)15-26-18-9-7-17(8-10-18)16-5-3-2-4-6-16/h2-6,12,14,17-21,23H,7-11,13,15,22H2,1H3. The van der Waals surface area contributed by atoms with Crippen molar-refractivity contribution in [2.24, 2.45) is 5.84 Å². The van der Waals surface area contributed by atoms with Crippen LogP contribution >= 0.6 is 0 Å². The zero-order valence-electron chi connectivity index (χ0n) is 16.2. The van der Waals surface area contributed by atoms with E-state index in [1.54, 1.807) is 6.26 Å². The third-order valence-electron chi connectivity index (χ3n) is 6.44. The Hall–Kier alpha value is -1.44. The predicted octanol–water partition coefficient (Wildman–Crippen LogP) is 2.35. The molecule has 0 spiro atoms. The third kappa shape index (κ3) is 4.20. The molecule has 3 N–H and O–H groups in total. The molecule has 2 fully saturated rings. The quantitative estimate of drug-likeness (QED) is 0.590. The molecule has 1 saturated carbocycles. The van der Waals surface area contributed by atoms with E-state index in [4.69, 9.17) is 15.4 Å². The highest BCUT2D eigenvalue weighted by atomic mass is 16.7. The lowest BCUT2D eigenvalue weighted by Crippen LogP contribution is -2.53. The molecule has 3 unspecified atom stereocenters. The number of nitrogens with one attached hydrogen (secondary N) is 1. The number of hydrogen-bond donors (Lipinski definition) is 2. The van der Waals surface area contributed by atoms with Gasteiger partial charge in [-0.25, -0.2) is 0 Å². The van der Waals surface area contributed by atoms with Gasteiger partial charge in [-0.05, 0) is 49.7 Å². The van der Waals surface area contributed by atoms with Gasteiger partial charge >= 0.3 is 0 Å². The number of likely N-dealkylation sites (N-methyl/N-ethyl adjacent to an activating group) is 1. The fourth-order valence-electron chi connectivity index (χ4n) is 4.84. The van der Waals surface area contributed by atoms with Crippen molar-refractivity contribution in [1.82, 2.24) is 15.4 Å². The summed E-state index contributed by atoms with van der Waals surface area (Å²) in [4.78, 5) is 7.90. The van der Waals surface area contributed by atoms with Gasteiger partial charge in [0.05, 0.1) is 18.8 Å². The molecule has 1 aliphatic carbocycles. The zero-order chi connectivity index (χ0) is 18.6. The van der Waals surface area contributed by atoms with Gasteiger partial charge < -0.3 is 9.57 Å². The second-order valence-electron chi connectivity index (χ2n) is 7.98. The van der Waals surface area contributed by atoms with E-state index in [0.717, 1.165) is 25.8 Å². The highest BCUT2D eigenvalue weighted by Crippen LogP contribution is 2.34. The van der Waals surface area contributed by atoms with E-state index in [2.05, 4.69) is 46.7 Å². The van der Waals surface area contributed by atoms with Gasteiger partial charge in [0, 0.05) is 19.6 Å². The van der Waals surface area contributed by atoms with Crippen molar-refractivity contribution in [2.75, 3.05) is 20.2 Å². The van der Waals surface area contributed by atoms with Crippen LogP contribution in [0.2, 0.25) is 0 Å². The Morgan fingerprint density at radius 3 is 2.59 bits per heavy atom. The first-order valence-electron chi connectivity index (χ1n) is 10.2. The first-order chi connectivity index (χ1) is 13.3. The summed E-state index contributed by atoms with van der Waals surface area (Å²) < 4.78 is 6.39. The molecule has 1 aromatic rings. The van der Waals surface area contributed by atoms with Crippen LogP contribution in [0, 0.1) is 0 Å². The Bertz CT molecular complexity index is 618. The van der Waals surface area contributed by atoms with Crippen molar-refractivity contribution in [2.45, 2.75) is 62.4 Å². The minimum absolute atomic E-state index is 0.158. The van der Waals surface area contributed by atoms with Gasteiger partial charge in [0.1, 0.15) is 12.4 Å². The number of benzene rings is 1. The lowest BCUT2D eigenvalue weighted by atomic mass is 9.83. The average molecular weight is 373 g/mol. The average Bonchev–Trinajstić information content (AvgIpc) is 3.32. The van der Waals surface area contributed by atoms with Crippen molar-refractivity contribution in [3.05, 3.63) is 48.2 Å². The van der Waals surface area contributed by atoms with E-state index < -0.39 is 0 Å².